The van der Waals surface area contributed by atoms with E-state index in [1.54, 1.807) is 0 Å². The van der Waals surface area contributed by atoms with E-state index in [0.717, 1.165) is 36.2 Å². The molecule has 1 N–H and O–H groups in total. The molecule has 2 aliphatic rings. The van der Waals surface area contributed by atoms with E-state index in [4.69, 9.17) is 0 Å². The predicted molar refractivity (Wildman–Crippen MR) is 89.8 cm³/mol. The van der Waals surface area contributed by atoms with E-state index in [2.05, 4.69) is 5.32 Å². The Morgan fingerprint density at radius 2 is 1.75 bits per heavy atom. The molecular weight excluding hydrogens is 307 g/mol. The number of nitrogens with one attached hydrogen (secondary N) is 1. The Kier molecular flexibility index (Phi) is 3.56. The van der Waals surface area contributed by atoms with E-state index in [-0.39, 0.29) is 17.6 Å². The fraction of sp³-hybridized carbons (Fsp3) is 0.263. The first-order valence-electron chi connectivity index (χ1n) is 8.15. The molecule has 2 amide bonds. The average Bonchev–Trinajstić information content (AvgIpc) is 2.60. The van der Waals surface area contributed by atoms with Gasteiger partial charge >= 0.3 is 0 Å². The minimum absolute atomic E-state index is 0.173. The van der Waals surface area contributed by atoms with Crippen molar-refractivity contribution in [3.8, 4) is 0 Å². The van der Waals surface area contributed by atoms with Crippen LogP contribution in [0.2, 0.25) is 0 Å². The monoisotopic (exact) mass is 324 g/mol. The van der Waals surface area contributed by atoms with Gasteiger partial charge < -0.3 is 10.2 Å². The van der Waals surface area contributed by atoms with Crippen molar-refractivity contribution in [3.63, 3.8) is 0 Å². The summed E-state index contributed by atoms with van der Waals surface area (Å²) in [6.07, 6.45) is 2.97. The lowest BCUT2D eigenvalue weighted by atomic mass is 9.89. The van der Waals surface area contributed by atoms with Crippen LogP contribution in [0, 0.1) is 5.82 Å². The summed E-state index contributed by atoms with van der Waals surface area (Å²) in [5.74, 6) is -0.377. The number of halogens is 1. The highest BCUT2D eigenvalue weighted by Crippen LogP contribution is 2.36. The molecule has 24 heavy (non-hydrogen) atoms. The summed E-state index contributed by atoms with van der Waals surface area (Å²) in [6, 6.07) is 9.46. The third-order valence-electron chi connectivity index (χ3n) is 4.64. The number of carbonyl (C=O) groups excluding carboxylic acids is 2. The van der Waals surface area contributed by atoms with Crippen LogP contribution in [-0.4, -0.2) is 18.4 Å². The summed E-state index contributed by atoms with van der Waals surface area (Å²) in [4.78, 5) is 26.5. The molecule has 0 fully saturated rings. The molecule has 0 bridgehead atoms. The molecule has 2 aliphatic heterocycles. The van der Waals surface area contributed by atoms with Gasteiger partial charge in [-0.15, -0.1) is 0 Å². The Morgan fingerprint density at radius 3 is 2.50 bits per heavy atom. The number of carbonyl (C=O) groups is 2. The second kappa shape index (κ2) is 5.74. The number of hydrogen-bond donors (Lipinski definition) is 1. The van der Waals surface area contributed by atoms with Crippen molar-refractivity contribution in [1.82, 2.24) is 0 Å². The lowest BCUT2D eigenvalue weighted by Crippen LogP contribution is -2.39. The molecule has 0 aliphatic carbocycles. The topological polar surface area (TPSA) is 49.4 Å². The molecule has 4 rings (SSSR count). The second-order valence-electron chi connectivity index (χ2n) is 6.25. The van der Waals surface area contributed by atoms with Crippen LogP contribution >= 0.6 is 0 Å². The van der Waals surface area contributed by atoms with Crippen LogP contribution in [-0.2, 0) is 17.6 Å². The van der Waals surface area contributed by atoms with Gasteiger partial charge in [-0.05, 0) is 66.8 Å². The Labute approximate surface area is 139 Å². The normalized spacial score (nSPS) is 15.9. The molecule has 122 valence electrons. The van der Waals surface area contributed by atoms with Gasteiger partial charge in [0.2, 0.25) is 5.91 Å². The quantitative estimate of drug-likeness (QED) is 0.921. The fourth-order valence-corrected chi connectivity index (χ4v) is 3.52. The summed E-state index contributed by atoms with van der Waals surface area (Å²) >= 11 is 0. The second-order valence-corrected chi connectivity index (χ2v) is 6.25. The first-order chi connectivity index (χ1) is 11.6. The summed E-state index contributed by atoms with van der Waals surface area (Å²) in [6.45, 7) is 0.764. The Hall–Kier alpha value is -2.69. The Bertz CT molecular complexity index is 813. The van der Waals surface area contributed by atoms with Gasteiger partial charge in [-0.1, -0.05) is 0 Å². The molecule has 0 spiro atoms. The van der Waals surface area contributed by atoms with E-state index in [0.29, 0.717) is 24.1 Å². The summed E-state index contributed by atoms with van der Waals surface area (Å²) < 4.78 is 13.0. The van der Waals surface area contributed by atoms with Gasteiger partial charge in [-0.3, -0.25) is 9.59 Å². The molecule has 4 nitrogen and oxygen atoms in total. The molecular formula is C19H17FN2O2. The maximum absolute atomic E-state index is 13.0. The first kappa shape index (κ1) is 14.9. The fourth-order valence-electron chi connectivity index (χ4n) is 3.52. The van der Waals surface area contributed by atoms with Gasteiger partial charge in [0, 0.05) is 24.2 Å². The number of hydrogen-bond acceptors (Lipinski definition) is 2. The number of aryl methyl sites for hydroxylation is 2. The molecule has 0 atom stereocenters. The van der Waals surface area contributed by atoms with E-state index in [1.165, 1.54) is 24.3 Å². The predicted octanol–water partition coefficient (Wildman–Crippen LogP) is 3.30. The average molecular weight is 324 g/mol. The van der Waals surface area contributed by atoms with Gasteiger partial charge in [-0.25, -0.2) is 4.39 Å². The minimum Gasteiger partial charge on any atom is -0.322 e. The lowest BCUT2D eigenvalue weighted by molar-refractivity contribution is -0.119. The van der Waals surface area contributed by atoms with E-state index in [9.17, 15) is 14.0 Å². The highest BCUT2D eigenvalue weighted by Gasteiger charge is 2.30. The van der Waals surface area contributed by atoms with Crippen molar-refractivity contribution in [2.75, 3.05) is 16.8 Å². The van der Waals surface area contributed by atoms with E-state index >= 15 is 0 Å². The number of nitrogens with zero attached hydrogens (tertiary/aromatic N) is 1. The molecule has 2 heterocycles. The van der Waals surface area contributed by atoms with Crippen LogP contribution < -0.4 is 10.2 Å². The van der Waals surface area contributed by atoms with Crippen LogP contribution in [0.4, 0.5) is 15.8 Å². The van der Waals surface area contributed by atoms with Crippen molar-refractivity contribution in [1.29, 1.82) is 0 Å². The molecule has 2 aromatic rings. The highest BCUT2D eigenvalue weighted by atomic mass is 19.1. The molecule has 0 saturated carbocycles. The van der Waals surface area contributed by atoms with Gasteiger partial charge in [0.1, 0.15) is 5.82 Å². The molecule has 2 aromatic carbocycles. The standard InChI is InChI=1S/C19H17FN2O2/c20-15-4-6-16(7-5-15)21-19(24)14-10-12-2-1-9-22-17(23)8-3-13(11-14)18(12)22/h4-7,10-11H,1-3,8-9H2,(H,21,24). The molecule has 0 radical (unpaired) electrons. The Morgan fingerprint density at radius 1 is 1.04 bits per heavy atom. The van der Waals surface area contributed by atoms with Crippen molar-refractivity contribution >= 4 is 23.2 Å². The van der Waals surface area contributed by atoms with Crippen LogP contribution in [0.15, 0.2) is 36.4 Å². The summed E-state index contributed by atoms with van der Waals surface area (Å²) in [5, 5.41) is 2.80. The van der Waals surface area contributed by atoms with Gasteiger partial charge in [0.05, 0.1) is 5.69 Å². The van der Waals surface area contributed by atoms with Crippen molar-refractivity contribution < 1.29 is 14.0 Å². The van der Waals surface area contributed by atoms with E-state index < -0.39 is 0 Å². The van der Waals surface area contributed by atoms with Gasteiger partial charge in [0.25, 0.3) is 5.91 Å². The number of benzene rings is 2. The first-order valence-corrected chi connectivity index (χ1v) is 8.15. The maximum atomic E-state index is 13.0. The third kappa shape index (κ3) is 2.56. The van der Waals surface area contributed by atoms with Crippen LogP contribution in [0.3, 0.4) is 0 Å². The lowest BCUT2D eigenvalue weighted by Gasteiger charge is -2.35. The van der Waals surface area contributed by atoms with Crippen LogP contribution in [0.5, 0.6) is 0 Å². The highest BCUT2D eigenvalue weighted by molar-refractivity contribution is 6.06. The number of rotatable bonds is 2. The molecule has 0 unspecified atom stereocenters. The number of amides is 2. The van der Waals surface area contributed by atoms with Crippen molar-refractivity contribution in [3.05, 3.63) is 58.9 Å². The Balaban J connectivity index is 1.66. The minimum atomic E-state index is -0.337. The van der Waals surface area contributed by atoms with Crippen LogP contribution in [0.1, 0.15) is 34.3 Å². The molecule has 0 saturated heterocycles. The van der Waals surface area contributed by atoms with Crippen molar-refractivity contribution in [2.24, 2.45) is 0 Å². The smallest absolute Gasteiger partial charge is 0.255 e. The molecule has 0 aromatic heterocycles. The summed E-state index contributed by atoms with van der Waals surface area (Å²) in [7, 11) is 0. The zero-order valence-electron chi connectivity index (χ0n) is 13.1. The zero-order chi connectivity index (χ0) is 16.7. The van der Waals surface area contributed by atoms with Crippen molar-refractivity contribution in [2.45, 2.75) is 25.7 Å². The zero-order valence-corrected chi connectivity index (χ0v) is 13.1. The SMILES string of the molecule is O=C(Nc1ccc(F)cc1)c1cc2c3c(c1)CCC(=O)N3CCC2. The third-order valence-corrected chi connectivity index (χ3v) is 4.64. The van der Waals surface area contributed by atoms with Gasteiger partial charge in [-0.2, -0.15) is 0 Å². The largest absolute Gasteiger partial charge is 0.322 e. The van der Waals surface area contributed by atoms with Crippen LogP contribution in [0.25, 0.3) is 0 Å². The maximum Gasteiger partial charge on any atom is 0.255 e. The number of anilines is 2. The summed E-state index contributed by atoms with van der Waals surface area (Å²) in [5.41, 5.74) is 4.29. The molecule has 5 heteroatoms. The van der Waals surface area contributed by atoms with Gasteiger partial charge in [0.15, 0.2) is 0 Å². The van der Waals surface area contributed by atoms with E-state index in [1.807, 2.05) is 17.0 Å².